The fourth-order valence-corrected chi connectivity index (χ4v) is 2.50. The summed E-state index contributed by atoms with van der Waals surface area (Å²) < 4.78 is 1.84. The lowest BCUT2D eigenvalue weighted by atomic mass is 10.4. The maximum Gasteiger partial charge on any atom is 0.181 e. The molecule has 3 aromatic rings. The predicted octanol–water partition coefficient (Wildman–Crippen LogP) is 1.48. The molecule has 6 heteroatoms. The van der Waals surface area contributed by atoms with Crippen LogP contribution in [-0.2, 0) is 6.54 Å². The Morgan fingerprint density at radius 1 is 1.22 bits per heavy atom. The molecule has 5 nitrogen and oxygen atoms in total. The van der Waals surface area contributed by atoms with Crippen molar-refractivity contribution >= 4 is 27.4 Å². The summed E-state index contributed by atoms with van der Waals surface area (Å²) in [4.78, 5) is 20.6. The molecule has 3 heterocycles. The Kier molecular flexibility index (Phi) is 2.56. The van der Waals surface area contributed by atoms with Gasteiger partial charge in [-0.05, 0) is 11.4 Å². The summed E-state index contributed by atoms with van der Waals surface area (Å²) in [5.74, 6) is 1.14. The number of hydrogen-bond donors (Lipinski definition) is 1. The lowest BCUT2D eigenvalue weighted by Crippen LogP contribution is -2.08. The zero-order valence-electron chi connectivity index (χ0n) is 9.41. The van der Waals surface area contributed by atoms with E-state index < -0.39 is 0 Å². The zero-order chi connectivity index (χ0) is 12.5. The minimum Gasteiger partial charge on any atom is -0.383 e. The van der Waals surface area contributed by atoms with E-state index in [-0.39, 0.29) is 5.43 Å². The molecule has 0 unspecified atom stereocenters. The molecule has 0 aliphatic heterocycles. The Balaban J connectivity index is 1.99. The highest BCUT2D eigenvalue weighted by molar-refractivity contribution is 7.16. The molecule has 0 aliphatic rings. The second-order valence-electron chi connectivity index (χ2n) is 3.87. The van der Waals surface area contributed by atoms with Crippen molar-refractivity contribution in [3.63, 3.8) is 0 Å². The van der Waals surface area contributed by atoms with Crippen molar-refractivity contribution < 1.29 is 0 Å². The van der Waals surface area contributed by atoms with Crippen LogP contribution in [0.4, 0.5) is 5.82 Å². The first kappa shape index (κ1) is 10.9. The van der Waals surface area contributed by atoms with Gasteiger partial charge in [0, 0.05) is 24.5 Å². The zero-order valence-corrected chi connectivity index (χ0v) is 10.2. The van der Waals surface area contributed by atoms with E-state index in [9.17, 15) is 4.79 Å². The summed E-state index contributed by atoms with van der Waals surface area (Å²) in [7, 11) is 0. The van der Waals surface area contributed by atoms with Crippen LogP contribution in [0.1, 0.15) is 5.82 Å². The van der Waals surface area contributed by atoms with Crippen LogP contribution in [-0.4, -0.2) is 14.5 Å². The van der Waals surface area contributed by atoms with Gasteiger partial charge in [-0.3, -0.25) is 4.79 Å². The second-order valence-corrected chi connectivity index (χ2v) is 4.77. The number of aromatic nitrogens is 3. The van der Waals surface area contributed by atoms with Gasteiger partial charge in [-0.25, -0.2) is 9.97 Å². The maximum absolute atomic E-state index is 11.0. The van der Waals surface area contributed by atoms with Gasteiger partial charge in [0.15, 0.2) is 11.3 Å². The van der Waals surface area contributed by atoms with Gasteiger partial charge in [0.05, 0.1) is 11.9 Å². The number of nitrogen functional groups attached to an aromatic ring is 1. The van der Waals surface area contributed by atoms with Gasteiger partial charge in [0.2, 0.25) is 0 Å². The molecule has 0 saturated carbocycles. The molecule has 0 amide bonds. The van der Waals surface area contributed by atoms with Crippen LogP contribution in [0.15, 0.2) is 40.8 Å². The summed E-state index contributed by atoms with van der Waals surface area (Å²) in [6.07, 6.45) is 3.42. The molecule has 0 aromatic carbocycles. The van der Waals surface area contributed by atoms with Gasteiger partial charge >= 0.3 is 0 Å². The fraction of sp³-hybridized carbons (Fsp3) is 0.0833. The molecule has 18 heavy (non-hydrogen) atoms. The molecule has 0 fully saturated rings. The number of fused-ring (bicyclic) bond motifs is 1. The van der Waals surface area contributed by atoms with Gasteiger partial charge < -0.3 is 10.3 Å². The van der Waals surface area contributed by atoms with E-state index in [1.807, 2.05) is 16.0 Å². The van der Waals surface area contributed by atoms with Gasteiger partial charge in [0.1, 0.15) is 10.6 Å². The van der Waals surface area contributed by atoms with E-state index >= 15 is 0 Å². The quantitative estimate of drug-likeness (QED) is 0.755. The average molecular weight is 258 g/mol. The number of nitrogens with two attached hydrogens (primary N) is 1. The molecule has 0 bridgehead atoms. The van der Waals surface area contributed by atoms with Crippen molar-refractivity contribution in [2.24, 2.45) is 0 Å². The lowest BCUT2D eigenvalue weighted by Gasteiger charge is -2.05. The molecule has 2 N–H and O–H groups in total. The molecule has 0 aliphatic carbocycles. The number of nitrogens with zero attached hydrogens (tertiary/aromatic N) is 3. The molecular formula is C12H10N4OS. The lowest BCUT2D eigenvalue weighted by molar-refractivity contribution is 0.744. The van der Waals surface area contributed by atoms with E-state index in [1.54, 1.807) is 12.4 Å². The summed E-state index contributed by atoms with van der Waals surface area (Å²) in [6.45, 7) is 0.498. The molecule has 3 rings (SSSR count). The van der Waals surface area contributed by atoms with Crippen LogP contribution in [0.2, 0.25) is 0 Å². The largest absolute Gasteiger partial charge is 0.383 e. The van der Waals surface area contributed by atoms with E-state index in [1.165, 1.54) is 23.5 Å². The smallest absolute Gasteiger partial charge is 0.181 e. The topological polar surface area (TPSA) is 73.8 Å². The van der Waals surface area contributed by atoms with E-state index in [0.717, 1.165) is 10.2 Å². The first-order chi connectivity index (χ1) is 8.72. The monoisotopic (exact) mass is 258 g/mol. The summed E-state index contributed by atoms with van der Waals surface area (Å²) in [6, 6.07) is 4.93. The number of rotatable bonds is 2. The minimum absolute atomic E-state index is 0.0135. The van der Waals surface area contributed by atoms with Crippen LogP contribution in [0.5, 0.6) is 0 Å². The number of anilines is 1. The molecule has 0 spiro atoms. The molecule has 0 atom stereocenters. The summed E-state index contributed by atoms with van der Waals surface area (Å²) >= 11 is 1.54. The van der Waals surface area contributed by atoms with Crippen molar-refractivity contribution in [1.82, 2.24) is 14.5 Å². The SMILES string of the molecule is Nc1nc(Cn2ccc(=O)cc2)nc2sccc12. The van der Waals surface area contributed by atoms with Crippen LogP contribution < -0.4 is 11.2 Å². The van der Waals surface area contributed by atoms with E-state index in [0.29, 0.717) is 18.2 Å². The highest BCUT2D eigenvalue weighted by Crippen LogP contribution is 2.22. The van der Waals surface area contributed by atoms with Crippen LogP contribution in [0.25, 0.3) is 10.2 Å². The third-order valence-corrected chi connectivity index (χ3v) is 3.39. The Morgan fingerprint density at radius 3 is 2.78 bits per heavy atom. The third-order valence-electron chi connectivity index (χ3n) is 2.59. The van der Waals surface area contributed by atoms with Gasteiger partial charge in [0.25, 0.3) is 0 Å². The second kappa shape index (κ2) is 4.23. The van der Waals surface area contributed by atoms with Crippen molar-refractivity contribution in [3.8, 4) is 0 Å². The van der Waals surface area contributed by atoms with Crippen LogP contribution in [0, 0.1) is 0 Å². The van der Waals surface area contributed by atoms with Crippen molar-refractivity contribution in [2.45, 2.75) is 6.54 Å². The molecule has 90 valence electrons. The van der Waals surface area contributed by atoms with E-state index in [4.69, 9.17) is 5.73 Å². The Bertz CT molecular complexity index is 742. The van der Waals surface area contributed by atoms with Gasteiger partial charge in [-0.2, -0.15) is 0 Å². The Labute approximate surface area is 107 Å². The maximum atomic E-state index is 11.0. The fourth-order valence-electron chi connectivity index (χ4n) is 1.71. The highest BCUT2D eigenvalue weighted by atomic mass is 32.1. The minimum atomic E-state index is -0.0135. The molecule has 0 saturated heterocycles. The summed E-state index contributed by atoms with van der Waals surface area (Å²) in [5, 5.41) is 2.84. The third kappa shape index (κ3) is 1.98. The van der Waals surface area contributed by atoms with E-state index in [2.05, 4.69) is 9.97 Å². The molecule has 0 radical (unpaired) electrons. The predicted molar refractivity (Wildman–Crippen MR) is 71.6 cm³/mol. The normalized spacial score (nSPS) is 10.9. The number of pyridine rings is 1. The van der Waals surface area contributed by atoms with Gasteiger partial charge in [-0.1, -0.05) is 0 Å². The number of hydrogen-bond acceptors (Lipinski definition) is 5. The van der Waals surface area contributed by atoms with Crippen molar-refractivity contribution in [1.29, 1.82) is 0 Å². The standard InChI is InChI=1S/C12H10N4OS/c13-11-9-3-6-18-12(9)15-10(14-11)7-16-4-1-8(17)2-5-16/h1-6H,7H2,(H2,13,14,15). The van der Waals surface area contributed by atoms with Gasteiger partial charge in [-0.15, -0.1) is 11.3 Å². The Morgan fingerprint density at radius 2 is 2.00 bits per heavy atom. The van der Waals surface area contributed by atoms with Crippen molar-refractivity contribution in [2.75, 3.05) is 5.73 Å². The van der Waals surface area contributed by atoms with Crippen LogP contribution >= 0.6 is 11.3 Å². The average Bonchev–Trinajstić information content (AvgIpc) is 2.81. The number of thiophene rings is 1. The summed E-state index contributed by atoms with van der Waals surface area (Å²) in [5.41, 5.74) is 5.86. The first-order valence-electron chi connectivity index (χ1n) is 5.38. The Hall–Kier alpha value is -2.21. The molecule has 3 aromatic heterocycles. The van der Waals surface area contributed by atoms with Crippen molar-refractivity contribution in [3.05, 3.63) is 52.0 Å². The highest BCUT2D eigenvalue weighted by Gasteiger charge is 2.06. The van der Waals surface area contributed by atoms with Crippen LogP contribution in [0.3, 0.4) is 0 Å². The molecular weight excluding hydrogens is 248 g/mol. The first-order valence-corrected chi connectivity index (χ1v) is 6.26.